The van der Waals surface area contributed by atoms with Crippen molar-refractivity contribution in [2.24, 2.45) is 5.92 Å². The van der Waals surface area contributed by atoms with Crippen molar-refractivity contribution in [2.75, 3.05) is 0 Å². The van der Waals surface area contributed by atoms with Crippen LogP contribution in [0.3, 0.4) is 0 Å². The van der Waals surface area contributed by atoms with Crippen molar-refractivity contribution >= 4 is 0 Å². The predicted octanol–water partition coefficient (Wildman–Crippen LogP) is 5.70. The van der Waals surface area contributed by atoms with Gasteiger partial charge in [-0.25, -0.2) is 8.78 Å². The maximum Gasteiger partial charge on any atom is 0.131 e. The molecule has 0 heterocycles. The van der Waals surface area contributed by atoms with Crippen LogP contribution >= 0.6 is 0 Å². The second-order valence-electron chi connectivity index (χ2n) is 6.08. The van der Waals surface area contributed by atoms with Gasteiger partial charge in [-0.1, -0.05) is 18.2 Å². The molecule has 114 valence electrons. The van der Waals surface area contributed by atoms with Crippen LogP contribution < -0.4 is 0 Å². The number of halogens is 2. The van der Waals surface area contributed by atoms with Gasteiger partial charge in [-0.05, 0) is 79.0 Å². The van der Waals surface area contributed by atoms with Gasteiger partial charge in [0.05, 0.1) is 0 Å². The molecule has 0 nitrogen and oxygen atoms in total. The fourth-order valence-electron chi connectivity index (χ4n) is 3.31. The molecule has 2 aromatic carbocycles. The summed E-state index contributed by atoms with van der Waals surface area (Å²) in [5.41, 5.74) is 3.66. The van der Waals surface area contributed by atoms with E-state index in [1.807, 2.05) is 12.1 Å². The number of hydrogen-bond acceptors (Lipinski definition) is 0. The molecule has 22 heavy (non-hydrogen) atoms. The summed E-state index contributed by atoms with van der Waals surface area (Å²) >= 11 is 0. The standard InChI is InChI=1S/C20H20F2/c1-2-3-4-14-5-6-16-12-19(20(22)13-17(16)11-14)15-7-9-18(21)10-8-15/h2,7-10,12-14H,1,3-6,11H2. The average Bonchev–Trinajstić information content (AvgIpc) is 2.53. The van der Waals surface area contributed by atoms with Crippen LogP contribution in [-0.4, -0.2) is 0 Å². The third-order valence-electron chi connectivity index (χ3n) is 4.55. The molecule has 0 fully saturated rings. The summed E-state index contributed by atoms with van der Waals surface area (Å²) in [6, 6.07) is 9.64. The Morgan fingerprint density at radius 2 is 1.86 bits per heavy atom. The Labute approximate surface area is 130 Å². The zero-order chi connectivity index (χ0) is 15.5. The van der Waals surface area contributed by atoms with Crippen LogP contribution in [0, 0.1) is 17.6 Å². The van der Waals surface area contributed by atoms with E-state index in [4.69, 9.17) is 0 Å². The second-order valence-corrected chi connectivity index (χ2v) is 6.08. The monoisotopic (exact) mass is 298 g/mol. The van der Waals surface area contributed by atoms with Crippen LogP contribution in [-0.2, 0) is 12.8 Å². The van der Waals surface area contributed by atoms with Gasteiger partial charge in [0.1, 0.15) is 11.6 Å². The first kappa shape index (κ1) is 15.0. The lowest BCUT2D eigenvalue weighted by Gasteiger charge is -2.25. The van der Waals surface area contributed by atoms with E-state index in [0.717, 1.165) is 43.2 Å². The molecule has 0 saturated carbocycles. The van der Waals surface area contributed by atoms with Crippen molar-refractivity contribution in [1.82, 2.24) is 0 Å². The van der Waals surface area contributed by atoms with Crippen molar-refractivity contribution in [3.63, 3.8) is 0 Å². The van der Waals surface area contributed by atoms with Crippen LogP contribution in [0.15, 0.2) is 49.1 Å². The van der Waals surface area contributed by atoms with E-state index in [1.165, 1.54) is 17.7 Å². The highest BCUT2D eigenvalue weighted by Crippen LogP contribution is 2.33. The van der Waals surface area contributed by atoms with Gasteiger partial charge in [0.25, 0.3) is 0 Å². The van der Waals surface area contributed by atoms with Gasteiger partial charge in [0.2, 0.25) is 0 Å². The maximum atomic E-state index is 14.4. The van der Waals surface area contributed by atoms with E-state index < -0.39 is 0 Å². The Hall–Kier alpha value is -1.96. The zero-order valence-electron chi connectivity index (χ0n) is 12.6. The molecule has 1 atom stereocenters. The second kappa shape index (κ2) is 6.43. The maximum absolute atomic E-state index is 14.4. The van der Waals surface area contributed by atoms with Gasteiger partial charge in [-0.2, -0.15) is 0 Å². The first-order valence-corrected chi connectivity index (χ1v) is 7.85. The molecule has 0 bridgehead atoms. The van der Waals surface area contributed by atoms with Crippen molar-refractivity contribution < 1.29 is 8.78 Å². The van der Waals surface area contributed by atoms with E-state index in [-0.39, 0.29) is 11.6 Å². The molecule has 1 unspecified atom stereocenters. The van der Waals surface area contributed by atoms with Gasteiger partial charge >= 0.3 is 0 Å². The summed E-state index contributed by atoms with van der Waals surface area (Å²) in [5, 5.41) is 0. The molecular formula is C20H20F2. The minimum Gasteiger partial charge on any atom is -0.207 e. The molecule has 0 amide bonds. The lowest BCUT2D eigenvalue weighted by atomic mass is 9.80. The van der Waals surface area contributed by atoms with Gasteiger partial charge in [-0.15, -0.1) is 6.58 Å². The van der Waals surface area contributed by atoms with Gasteiger partial charge in [-0.3, -0.25) is 0 Å². The number of allylic oxidation sites excluding steroid dienone is 1. The lowest BCUT2D eigenvalue weighted by molar-refractivity contribution is 0.429. The Morgan fingerprint density at radius 3 is 2.59 bits per heavy atom. The normalized spacial score (nSPS) is 17.1. The summed E-state index contributed by atoms with van der Waals surface area (Å²) in [6.45, 7) is 3.77. The number of hydrogen-bond donors (Lipinski definition) is 0. The van der Waals surface area contributed by atoms with Crippen molar-refractivity contribution in [3.8, 4) is 11.1 Å². The highest BCUT2D eigenvalue weighted by molar-refractivity contribution is 5.66. The molecule has 1 aliphatic carbocycles. The fraction of sp³-hybridized carbons (Fsp3) is 0.300. The van der Waals surface area contributed by atoms with E-state index in [0.29, 0.717) is 11.5 Å². The number of aryl methyl sites for hydroxylation is 1. The van der Waals surface area contributed by atoms with Gasteiger partial charge < -0.3 is 0 Å². The molecule has 0 saturated heterocycles. The van der Waals surface area contributed by atoms with Crippen LogP contribution in [0.25, 0.3) is 11.1 Å². The third-order valence-corrected chi connectivity index (χ3v) is 4.55. The van der Waals surface area contributed by atoms with Crippen LogP contribution in [0.1, 0.15) is 30.4 Å². The summed E-state index contributed by atoms with van der Waals surface area (Å²) < 4.78 is 27.5. The largest absolute Gasteiger partial charge is 0.207 e. The molecule has 0 radical (unpaired) electrons. The highest BCUT2D eigenvalue weighted by atomic mass is 19.1. The number of rotatable bonds is 4. The predicted molar refractivity (Wildman–Crippen MR) is 86.7 cm³/mol. The van der Waals surface area contributed by atoms with Crippen LogP contribution in [0.2, 0.25) is 0 Å². The quantitative estimate of drug-likeness (QED) is 0.635. The molecule has 0 spiro atoms. The molecule has 0 aliphatic heterocycles. The molecule has 0 aromatic heterocycles. The first-order chi connectivity index (χ1) is 10.7. The van der Waals surface area contributed by atoms with E-state index in [2.05, 4.69) is 6.58 Å². The fourth-order valence-corrected chi connectivity index (χ4v) is 3.31. The Morgan fingerprint density at radius 1 is 1.09 bits per heavy atom. The Bertz CT molecular complexity index is 671. The summed E-state index contributed by atoms with van der Waals surface area (Å²) in [4.78, 5) is 0. The van der Waals surface area contributed by atoms with Crippen molar-refractivity contribution in [1.29, 1.82) is 0 Å². The zero-order valence-corrected chi connectivity index (χ0v) is 12.6. The van der Waals surface area contributed by atoms with E-state index >= 15 is 0 Å². The molecular weight excluding hydrogens is 278 g/mol. The highest BCUT2D eigenvalue weighted by Gasteiger charge is 2.20. The smallest absolute Gasteiger partial charge is 0.131 e. The average molecular weight is 298 g/mol. The molecule has 3 rings (SSSR count). The van der Waals surface area contributed by atoms with Crippen LogP contribution in [0.4, 0.5) is 8.78 Å². The van der Waals surface area contributed by atoms with Crippen molar-refractivity contribution in [2.45, 2.75) is 32.1 Å². The van der Waals surface area contributed by atoms with Gasteiger partial charge in [0, 0.05) is 5.56 Å². The van der Waals surface area contributed by atoms with Crippen LogP contribution in [0.5, 0.6) is 0 Å². The lowest BCUT2D eigenvalue weighted by Crippen LogP contribution is -2.14. The molecule has 2 heteroatoms. The van der Waals surface area contributed by atoms with E-state index in [9.17, 15) is 8.78 Å². The van der Waals surface area contributed by atoms with Crippen molar-refractivity contribution in [3.05, 3.63) is 71.8 Å². The molecule has 2 aromatic rings. The number of benzene rings is 2. The summed E-state index contributed by atoms with van der Waals surface area (Å²) in [5.74, 6) is 0.114. The Kier molecular flexibility index (Phi) is 4.37. The minimum atomic E-state index is -0.299. The molecule has 1 aliphatic rings. The SMILES string of the molecule is C=CCCC1CCc2cc(-c3ccc(F)cc3)c(F)cc2C1. The molecule has 0 N–H and O–H groups in total. The summed E-state index contributed by atoms with van der Waals surface area (Å²) in [6.07, 6.45) is 7.19. The minimum absolute atomic E-state index is 0.213. The van der Waals surface area contributed by atoms with Gasteiger partial charge in [0.15, 0.2) is 0 Å². The Balaban J connectivity index is 1.88. The summed E-state index contributed by atoms with van der Waals surface area (Å²) in [7, 11) is 0. The first-order valence-electron chi connectivity index (χ1n) is 7.85. The van der Waals surface area contributed by atoms with E-state index in [1.54, 1.807) is 18.2 Å². The number of fused-ring (bicyclic) bond motifs is 1. The third kappa shape index (κ3) is 3.11. The topological polar surface area (TPSA) is 0 Å².